The molecule has 142 valence electrons. The van der Waals surface area contributed by atoms with Crippen LogP contribution < -0.4 is 15.5 Å². The van der Waals surface area contributed by atoms with Crippen molar-refractivity contribution in [1.82, 2.24) is 10.3 Å². The highest BCUT2D eigenvalue weighted by Crippen LogP contribution is 2.24. The monoisotopic (exact) mass is 386 g/mol. The van der Waals surface area contributed by atoms with E-state index in [1.54, 1.807) is 6.07 Å². The predicted molar refractivity (Wildman–Crippen MR) is 107 cm³/mol. The summed E-state index contributed by atoms with van der Waals surface area (Å²) in [6.07, 6.45) is 3.86. The number of carbonyl (C=O) groups is 2. The minimum atomic E-state index is -0.442. The molecular weight excluding hydrogens is 364 g/mol. The van der Waals surface area contributed by atoms with Crippen LogP contribution in [0, 0.1) is 5.92 Å². The molecule has 2 N–H and O–H groups in total. The summed E-state index contributed by atoms with van der Waals surface area (Å²) in [5.74, 6) is 0.0457. The maximum absolute atomic E-state index is 12.1. The number of nitrogens with one attached hydrogen (secondary N) is 2. The quantitative estimate of drug-likeness (QED) is 0.826. The summed E-state index contributed by atoms with van der Waals surface area (Å²) in [7, 11) is 0. The number of benzene rings is 1. The fraction of sp³-hybridized carbons (Fsp3) is 0.350. The topological polar surface area (TPSA) is 74.3 Å². The lowest BCUT2D eigenvalue weighted by atomic mass is 9.99. The van der Waals surface area contributed by atoms with Crippen LogP contribution in [0.1, 0.15) is 30.3 Å². The van der Waals surface area contributed by atoms with Gasteiger partial charge in [-0.2, -0.15) is 0 Å². The Kier molecular flexibility index (Phi) is 6.29. The molecule has 0 spiro atoms. The molecule has 1 aliphatic heterocycles. The van der Waals surface area contributed by atoms with Gasteiger partial charge < -0.3 is 15.5 Å². The number of pyridine rings is 1. The zero-order chi connectivity index (χ0) is 19.2. The fourth-order valence-corrected chi connectivity index (χ4v) is 3.17. The van der Waals surface area contributed by atoms with E-state index in [-0.39, 0.29) is 18.1 Å². The first-order chi connectivity index (χ1) is 13.0. The van der Waals surface area contributed by atoms with E-state index < -0.39 is 5.91 Å². The van der Waals surface area contributed by atoms with Gasteiger partial charge in [0.1, 0.15) is 5.69 Å². The first kappa shape index (κ1) is 19.2. The molecule has 1 aromatic carbocycles. The van der Waals surface area contributed by atoms with E-state index in [2.05, 4.69) is 27.4 Å². The second-order valence-electron chi connectivity index (χ2n) is 6.81. The summed E-state index contributed by atoms with van der Waals surface area (Å²) in [5, 5.41) is 5.73. The van der Waals surface area contributed by atoms with Crippen LogP contribution in [0.2, 0.25) is 5.02 Å². The van der Waals surface area contributed by atoms with E-state index in [9.17, 15) is 9.59 Å². The van der Waals surface area contributed by atoms with Gasteiger partial charge in [0, 0.05) is 35.7 Å². The number of anilines is 2. The molecule has 0 aliphatic carbocycles. The molecule has 6 nitrogen and oxygen atoms in total. The smallest absolute Gasteiger partial charge is 0.270 e. The van der Waals surface area contributed by atoms with Gasteiger partial charge in [0.05, 0.1) is 6.54 Å². The van der Waals surface area contributed by atoms with Gasteiger partial charge in [-0.25, -0.2) is 0 Å². The number of halogens is 1. The van der Waals surface area contributed by atoms with Crippen molar-refractivity contribution in [3.05, 3.63) is 53.3 Å². The normalized spacial score (nSPS) is 14.7. The molecule has 2 amide bonds. The molecule has 1 aliphatic rings. The van der Waals surface area contributed by atoms with Crippen LogP contribution in [-0.2, 0) is 4.79 Å². The molecule has 0 bridgehead atoms. The van der Waals surface area contributed by atoms with Crippen molar-refractivity contribution in [2.24, 2.45) is 5.92 Å². The average Bonchev–Trinajstić information content (AvgIpc) is 2.67. The zero-order valence-electron chi connectivity index (χ0n) is 15.2. The molecule has 2 aromatic rings. The zero-order valence-corrected chi connectivity index (χ0v) is 16.0. The van der Waals surface area contributed by atoms with Gasteiger partial charge in [0.15, 0.2) is 0 Å². The van der Waals surface area contributed by atoms with Crippen molar-refractivity contribution in [3.63, 3.8) is 0 Å². The van der Waals surface area contributed by atoms with Gasteiger partial charge in [-0.1, -0.05) is 18.5 Å². The highest BCUT2D eigenvalue weighted by atomic mass is 35.5. The van der Waals surface area contributed by atoms with E-state index >= 15 is 0 Å². The predicted octanol–water partition coefficient (Wildman–Crippen LogP) is 3.34. The van der Waals surface area contributed by atoms with Crippen LogP contribution in [0.15, 0.2) is 42.6 Å². The van der Waals surface area contributed by atoms with Crippen molar-refractivity contribution in [3.8, 4) is 0 Å². The maximum atomic E-state index is 12.1. The van der Waals surface area contributed by atoms with Crippen molar-refractivity contribution >= 4 is 34.8 Å². The summed E-state index contributed by atoms with van der Waals surface area (Å²) >= 11 is 5.83. The Morgan fingerprint density at radius 3 is 2.56 bits per heavy atom. The Labute approximate surface area is 163 Å². The summed E-state index contributed by atoms with van der Waals surface area (Å²) in [5.41, 5.74) is 2.04. The number of carbonyl (C=O) groups excluding carboxylic acids is 2. The number of piperidine rings is 1. The molecule has 0 unspecified atom stereocenters. The SMILES string of the molecule is CC1CCN(c2ccc(NC(=O)CNC(=O)c3cc(Cl)ccn3)cc2)CC1. The van der Waals surface area contributed by atoms with Gasteiger partial charge >= 0.3 is 0 Å². The molecule has 0 radical (unpaired) electrons. The second kappa shape index (κ2) is 8.86. The van der Waals surface area contributed by atoms with E-state index in [4.69, 9.17) is 11.6 Å². The Hall–Kier alpha value is -2.60. The molecule has 1 fully saturated rings. The number of hydrogen-bond donors (Lipinski definition) is 2. The summed E-state index contributed by atoms with van der Waals surface area (Å²) < 4.78 is 0. The van der Waals surface area contributed by atoms with Crippen molar-refractivity contribution < 1.29 is 9.59 Å². The number of nitrogens with zero attached hydrogens (tertiary/aromatic N) is 2. The first-order valence-electron chi connectivity index (χ1n) is 9.06. The third kappa shape index (κ3) is 5.44. The first-order valence-corrected chi connectivity index (χ1v) is 9.43. The largest absolute Gasteiger partial charge is 0.372 e. The molecule has 7 heteroatoms. The molecule has 3 rings (SSSR count). The molecule has 1 saturated heterocycles. The van der Waals surface area contributed by atoms with Gasteiger partial charge in [0.2, 0.25) is 5.91 Å². The van der Waals surface area contributed by atoms with Crippen LogP contribution >= 0.6 is 11.6 Å². The van der Waals surface area contributed by atoms with Crippen LogP contribution in [0.5, 0.6) is 0 Å². The highest BCUT2D eigenvalue weighted by Gasteiger charge is 2.16. The molecule has 1 aromatic heterocycles. The van der Waals surface area contributed by atoms with Gasteiger partial charge in [0.25, 0.3) is 5.91 Å². The van der Waals surface area contributed by atoms with Crippen LogP contribution in [0.25, 0.3) is 0 Å². The van der Waals surface area contributed by atoms with Gasteiger partial charge in [-0.3, -0.25) is 14.6 Å². The lowest BCUT2D eigenvalue weighted by Gasteiger charge is -2.32. The standard InChI is InChI=1S/C20H23ClN4O2/c1-14-7-10-25(11-8-14)17-4-2-16(3-5-17)24-19(26)13-23-20(27)18-12-15(21)6-9-22-18/h2-6,9,12,14H,7-8,10-11,13H2,1H3,(H,23,27)(H,24,26). The summed E-state index contributed by atoms with van der Waals surface area (Å²) in [6.45, 7) is 4.28. The van der Waals surface area contributed by atoms with Gasteiger partial charge in [-0.15, -0.1) is 0 Å². The minimum absolute atomic E-state index is 0.140. The molecular formula is C20H23ClN4O2. The Bertz CT molecular complexity index is 802. The van der Waals surface area contributed by atoms with E-state index in [0.29, 0.717) is 10.7 Å². The van der Waals surface area contributed by atoms with Crippen LogP contribution in [0.3, 0.4) is 0 Å². The number of rotatable bonds is 5. The summed E-state index contributed by atoms with van der Waals surface area (Å²) in [4.78, 5) is 30.3. The van der Waals surface area contributed by atoms with E-state index in [1.165, 1.54) is 30.8 Å². The molecule has 2 heterocycles. The fourth-order valence-electron chi connectivity index (χ4n) is 3.01. The third-order valence-corrected chi connectivity index (χ3v) is 4.90. The van der Waals surface area contributed by atoms with Gasteiger partial charge in [-0.05, 0) is 55.2 Å². The number of hydrogen-bond acceptors (Lipinski definition) is 4. The second-order valence-corrected chi connectivity index (χ2v) is 7.24. The van der Waals surface area contributed by atoms with Crippen molar-refractivity contribution in [2.45, 2.75) is 19.8 Å². The summed E-state index contributed by atoms with van der Waals surface area (Å²) in [6, 6.07) is 10.8. The lowest BCUT2D eigenvalue weighted by molar-refractivity contribution is -0.115. The third-order valence-electron chi connectivity index (χ3n) is 4.66. The highest BCUT2D eigenvalue weighted by molar-refractivity contribution is 6.30. The van der Waals surface area contributed by atoms with Crippen molar-refractivity contribution in [1.29, 1.82) is 0 Å². The minimum Gasteiger partial charge on any atom is -0.372 e. The maximum Gasteiger partial charge on any atom is 0.270 e. The van der Waals surface area contributed by atoms with Crippen molar-refractivity contribution in [2.75, 3.05) is 29.9 Å². The van der Waals surface area contributed by atoms with E-state index in [1.807, 2.05) is 24.3 Å². The Morgan fingerprint density at radius 2 is 1.89 bits per heavy atom. The molecule has 0 atom stereocenters. The lowest BCUT2D eigenvalue weighted by Crippen LogP contribution is -2.33. The number of amides is 2. The average molecular weight is 387 g/mol. The number of aromatic nitrogens is 1. The van der Waals surface area contributed by atoms with Crippen LogP contribution in [-0.4, -0.2) is 36.4 Å². The Morgan fingerprint density at radius 1 is 1.19 bits per heavy atom. The van der Waals surface area contributed by atoms with Crippen LogP contribution in [0.4, 0.5) is 11.4 Å². The van der Waals surface area contributed by atoms with E-state index in [0.717, 1.165) is 19.0 Å². The Balaban J connectivity index is 1.48. The molecule has 27 heavy (non-hydrogen) atoms. The molecule has 0 saturated carbocycles.